The lowest BCUT2D eigenvalue weighted by atomic mass is 9.96. The number of H-pyrrole nitrogens is 1. The number of amides is 1. The summed E-state index contributed by atoms with van der Waals surface area (Å²) in [4.78, 5) is 22.9. The molecule has 1 amide bonds. The first-order valence-corrected chi connectivity index (χ1v) is 10.9. The topological polar surface area (TPSA) is 58.2 Å². The molecule has 2 aromatic carbocycles. The van der Waals surface area contributed by atoms with E-state index >= 15 is 0 Å². The van der Waals surface area contributed by atoms with Gasteiger partial charge in [-0.15, -0.1) is 0 Å². The number of nitrogens with one attached hydrogen (secondary N) is 1. The Kier molecular flexibility index (Phi) is 6.07. The first-order valence-electron chi connectivity index (χ1n) is 10.9. The van der Waals surface area contributed by atoms with E-state index in [0.717, 1.165) is 66.1 Å². The first-order chi connectivity index (χ1) is 14.5. The summed E-state index contributed by atoms with van der Waals surface area (Å²) in [5, 5.41) is 0. The molecule has 0 bridgehead atoms. The highest BCUT2D eigenvalue weighted by atomic mass is 16.5. The van der Waals surface area contributed by atoms with Gasteiger partial charge in [0.15, 0.2) is 0 Å². The zero-order valence-corrected chi connectivity index (χ0v) is 18.2. The van der Waals surface area contributed by atoms with Gasteiger partial charge in [-0.3, -0.25) is 4.79 Å². The maximum Gasteiger partial charge on any atom is 0.222 e. The molecule has 4 rings (SSSR count). The van der Waals surface area contributed by atoms with Crippen LogP contribution in [0.4, 0.5) is 0 Å². The molecular weight excluding hydrogens is 374 g/mol. The smallest absolute Gasteiger partial charge is 0.222 e. The number of aryl methyl sites for hydroxylation is 3. The molecule has 0 spiro atoms. The summed E-state index contributed by atoms with van der Waals surface area (Å²) in [6.45, 7) is 8.39. The van der Waals surface area contributed by atoms with Crippen LogP contribution in [0.15, 0.2) is 36.4 Å². The van der Waals surface area contributed by atoms with Gasteiger partial charge in [0.25, 0.3) is 0 Å². The van der Waals surface area contributed by atoms with Crippen LogP contribution in [0.1, 0.15) is 54.1 Å². The SMILES string of the molecule is Cc1ccc2nc(C3CCN(C(=O)CCCOc4c(C)cccc4C)CC3)[nH]c2c1. The monoisotopic (exact) mass is 405 g/mol. The van der Waals surface area contributed by atoms with Gasteiger partial charge in [0.1, 0.15) is 11.6 Å². The van der Waals surface area contributed by atoms with E-state index in [4.69, 9.17) is 9.72 Å². The molecule has 1 fully saturated rings. The maximum atomic E-state index is 12.6. The Morgan fingerprint density at radius 3 is 2.60 bits per heavy atom. The zero-order chi connectivity index (χ0) is 21.1. The molecule has 0 atom stereocenters. The number of rotatable bonds is 6. The number of aromatic amines is 1. The second-order valence-corrected chi connectivity index (χ2v) is 8.47. The van der Waals surface area contributed by atoms with Crippen molar-refractivity contribution in [2.75, 3.05) is 19.7 Å². The van der Waals surface area contributed by atoms with Crippen molar-refractivity contribution in [2.24, 2.45) is 0 Å². The molecule has 1 N–H and O–H groups in total. The number of benzene rings is 2. The van der Waals surface area contributed by atoms with E-state index in [2.05, 4.69) is 56.1 Å². The number of nitrogens with zero attached hydrogens (tertiary/aromatic N) is 2. The number of imidazole rings is 1. The van der Waals surface area contributed by atoms with Crippen LogP contribution >= 0.6 is 0 Å². The predicted molar refractivity (Wildman–Crippen MR) is 120 cm³/mol. The molecule has 3 aromatic rings. The largest absolute Gasteiger partial charge is 0.493 e. The third-order valence-electron chi connectivity index (χ3n) is 6.08. The summed E-state index contributed by atoms with van der Waals surface area (Å²) in [7, 11) is 0. The van der Waals surface area contributed by atoms with Crippen molar-refractivity contribution in [3.8, 4) is 5.75 Å². The van der Waals surface area contributed by atoms with Crippen molar-refractivity contribution >= 4 is 16.9 Å². The van der Waals surface area contributed by atoms with Gasteiger partial charge in [-0.1, -0.05) is 24.3 Å². The lowest BCUT2D eigenvalue weighted by Crippen LogP contribution is -2.38. The fraction of sp³-hybridized carbons (Fsp3) is 0.440. The van der Waals surface area contributed by atoms with Crippen LogP contribution in [0.3, 0.4) is 0 Å². The van der Waals surface area contributed by atoms with E-state index in [9.17, 15) is 4.79 Å². The van der Waals surface area contributed by atoms with Crippen molar-refractivity contribution in [1.29, 1.82) is 0 Å². The molecule has 1 aromatic heterocycles. The lowest BCUT2D eigenvalue weighted by molar-refractivity contribution is -0.132. The number of hydrogen-bond donors (Lipinski definition) is 1. The normalized spacial score (nSPS) is 15.0. The van der Waals surface area contributed by atoms with Gasteiger partial charge >= 0.3 is 0 Å². The van der Waals surface area contributed by atoms with Crippen molar-refractivity contribution < 1.29 is 9.53 Å². The standard InChI is InChI=1S/C25H31N3O2/c1-17-9-10-21-22(16-17)27-25(26-21)20-11-13-28(14-12-20)23(29)8-5-15-30-24-18(2)6-4-7-19(24)3/h4,6-7,9-10,16,20H,5,8,11-15H2,1-3H3,(H,26,27). The third-order valence-corrected chi connectivity index (χ3v) is 6.08. The van der Waals surface area contributed by atoms with E-state index < -0.39 is 0 Å². The number of carbonyl (C=O) groups is 1. The summed E-state index contributed by atoms with van der Waals surface area (Å²) >= 11 is 0. The average Bonchev–Trinajstić information content (AvgIpc) is 3.16. The quantitative estimate of drug-likeness (QED) is 0.584. The highest BCUT2D eigenvalue weighted by molar-refractivity contribution is 5.77. The molecule has 5 heteroatoms. The number of aromatic nitrogens is 2. The highest BCUT2D eigenvalue weighted by Crippen LogP contribution is 2.28. The highest BCUT2D eigenvalue weighted by Gasteiger charge is 2.25. The summed E-state index contributed by atoms with van der Waals surface area (Å²) in [5.41, 5.74) is 5.65. The molecule has 0 unspecified atom stereocenters. The van der Waals surface area contributed by atoms with Gasteiger partial charge in [0.05, 0.1) is 17.6 Å². The number of fused-ring (bicyclic) bond motifs is 1. The molecule has 1 saturated heterocycles. The number of para-hydroxylation sites is 1. The lowest BCUT2D eigenvalue weighted by Gasteiger charge is -2.31. The molecule has 0 radical (unpaired) electrons. The molecule has 0 saturated carbocycles. The van der Waals surface area contributed by atoms with Crippen LogP contribution in [-0.4, -0.2) is 40.5 Å². The summed E-state index contributed by atoms with van der Waals surface area (Å²) in [6.07, 6.45) is 3.21. The van der Waals surface area contributed by atoms with Crippen molar-refractivity contribution in [2.45, 2.75) is 52.4 Å². The average molecular weight is 406 g/mol. The molecule has 30 heavy (non-hydrogen) atoms. The van der Waals surface area contributed by atoms with E-state index in [0.29, 0.717) is 18.9 Å². The van der Waals surface area contributed by atoms with Crippen LogP contribution in [0.2, 0.25) is 0 Å². The molecule has 0 aliphatic carbocycles. The number of ether oxygens (including phenoxy) is 1. The third kappa shape index (κ3) is 4.50. The minimum atomic E-state index is 0.235. The molecule has 1 aliphatic rings. The Morgan fingerprint density at radius 2 is 1.87 bits per heavy atom. The second kappa shape index (κ2) is 8.90. The fourth-order valence-electron chi connectivity index (χ4n) is 4.32. The molecule has 2 heterocycles. The van der Waals surface area contributed by atoms with Gasteiger partial charge < -0.3 is 14.6 Å². The summed E-state index contributed by atoms with van der Waals surface area (Å²) in [5.74, 6) is 2.64. The zero-order valence-electron chi connectivity index (χ0n) is 18.2. The first kappa shape index (κ1) is 20.5. The molecule has 5 nitrogen and oxygen atoms in total. The summed E-state index contributed by atoms with van der Waals surface area (Å²) < 4.78 is 5.93. The minimum absolute atomic E-state index is 0.235. The van der Waals surface area contributed by atoms with Gasteiger partial charge in [0, 0.05) is 25.4 Å². The van der Waals surface area contributed by atoms with E-state index in [-0.39, 0.29) is 5.91 Å². The van der Waals surface area contributed by atoms with Gasteiger partial charge in [-0.25, -0.2) is 4.98 Å². The Labute approximate surface area is 178 Å². The number of likely N-dealkylation sites (tertiary alicyclic amines) is 1. The van der Waals surface area contributed by atoms with E-state index in [1.165, 1.54) is 5.56 Å². The van der Waals surface area contributed by atoms with Crippen LogP contribution in [-0.2, 0) is 4.79 Å². The Hall–Kier alpha value is -2.82. The van der Waals surface area contributed by atoms with Gasteiger partial charge in [0.2, 0.25) is 5.91 Å². The van der Waals surface area contributed by atoms with Gasteiger partial charge in [-0.2, -0.15) is 0 Å². The van der Waals surface area contributed by atoms with Crippen molar-refractivity contribution in [1.82, 2.24) is 14.9 Å². The second-order valence-electron chi connectivity index (χ2n) is 8.47. The van der Waals surface area contributed by atoms with Gasteiger partial charge in [-0.05, 0) is 68.9 Å². The number of piperidine rings is 1. The molecule has 158 valence electrons. The Balaban J connectivity index is 1.24. The predicted octanol–water partition coefficient (Wildman–Crippen LogP) is 5.05. The van der Waals surface area contributed by atoms with Crippen molar-refractivity contribution in [3.63, 3.8) is 0 Å². The molecular formula is C25H31N3O2. The van der Waals surface area contributed by atoms with Crippen LogP contribution < -0.4 is 4.74 Å². The number of carbonyl (C=O) groups excluding carboxylic acids is 1. The molecule has 1 aliphatic heterocycles. The van der Waals surface area contributed by atoms with Crippen LogP contribution in [0.5, 0.6) is 5.75 Å². The Bertz CT molecular complexity index is 1010. The fourth-order valence-corrected chi connectivity index (χ4v) is 4.32. The van der Waals surface area contributed by atoms with E-state index in [1.54, 1.807) is 0 Å². The minimum Gasteiger partial charge on any atom is -0.493 e. The maximum absolute atomic E-state index is 12.6. The Morgan fingerprint density at radius 1 is 1.13 bits per heavy atom. The van der Waals surface area contributed by atoms with E-state index in [1.807, 2.05) is 11.0 Å². The van der Waals surface area contributed by atoms with Crippen molar-refractivity contribution in [3.05, 3.63) is 58.9 Å². The number of hydrogen-bond acceptors (Lipinski definition) is 3. The summed E-state index contributed by atoms with van der Waals surface area (Å²) in [6, 6.07) is 12.5. The van der Waals surface area contributed by atoms with Crippen LogP contribution in [0.25, 0.3) is 11.0 Å². The van der Waals surface area contributed by atoms with Crippen LogP contribution in [0, 0.1) is 20.8 Å².